The Kier molecular flexibility index (Phi) is 4.16. The second-order valence-corrected chi connectivity index (χ2v) is 3.28. The molecule has 0 bridgehead atoms. The minimum Gasteiger partial charge on any atom is -0.441 e. The number of ether oxygens (including phenoxy) is 2. The third kappa shape index (κ3) is 2.59. The summed E-state index contributed by atoms with van der Waals surface area (Å²) in [6.07, 6.45) is -0.211. The molecule has 2 saturated heterocycles. The van der Waals surface area contributed by atoms with Crippen LogP contribution in [0.15, 0.2) is 0 Å². The zero-order valence-electron chi connectivity index (χ0n) is 7.49. The third-order valence-corrected chi connectivity index (χ3v) is 2.25. The second-order valence-electron chi connectivity index (χ2n) is 3.28. The summed E-state index contributed by atoms with van der Waals surface area (Å²) < 4.78 is 10.1. The van der Waals surface area contributed by atoms with Gasteiger partial charge in [0.15, 0.2) is 6.10 Å². The van der Waals surface area contributed by atoms with E-state index in [4.69, 9.17) is 9.47 Å². The number of carbonyl (C=O) groups is 1. The topological polar surface area (TPSA) is 50.8 Å². The number of hydrogen-bond donors (Lipinski definition) is 1. The first-order valence-electron chi connectivity index (χ1n) is 4.60. The molecule has 2 rings (SSSR count). The van der Waals surface area contributed by atoms with E-state index in [1.807, 2.05) is 0 Å². The van der Waals surface area contributed by atoms with E-state index >= 15 is 0 Å². The molecule has 0 aromatic heterocycles. The van der Waals surface area contributed by atoms with E-state index in [-0.39, 0.29) is 19.6 Å². The van der Waals surface area contributed by atoms with E-state index in [1.54, 1.807) is 4.90 Å². The lowest BCUT2D eigenvalue weighted by molar-refractivity contribution is -0.105. The summed E-state index contributed by atoms with van der Waals surface area (Å²) in [6, 6.07) is 0. The smallest absolute Gasteiger partial charge is 0.410 e. The minimum absolute atomic E-state index is 0. The Bertz CT molecular complexity index is 188. The molecule has 0 atom stereocenters. The van der Waals surface area contributed by atoms with Gasteiger partial charge in [0.25, 0.3) is 0 Å². The average molecular weight is 202 g/mol. The maximum Gasteiger partial charge on any atom is 0.410 e. The van der Waals surface area contributed by atoms with Crippen LogP contribution in [0.5, 0.6) is 0 Å². The van der Waals surface area contributed by atoms with Crippen molar-refractivity contribution in [2.75, 3.05) is 39.4 Å². The molecule has 0 saturated carbocycles. The highest BCUT2D eigenvalue weighted by atomic mass is 16.6. The number of nitrogens with one attached hydrogen (secondary N) is 1. The number of rotatable bonds is 1. The molecule has 5 nitrogen and oxygen atoms in total. The fourth-order valence-electron chi connectivity index (χ4n) is 1.35. The van der Waals surface area contributed by atoms with Crippen molar-refractivity contribution in [3.8, 4) is 0 Å². The van der Waals surface area contributed by atoms with Crippen LogP contribution in [-0.4, -0.2) is 56.5 Å². The number of hydrogen-bond acceptors (Lipinski definition) is 4. The van der Waals surface area contributed by atoms with Crippen molar-refractivity contribution in [1.29, 1.82) is 0 Å². The first-order valence-corrected chi connectivity index (χ1v) is 4.60. The maximum atomic E-state index is 11.4. The predicted molar refractivity (Wildman–Crippen MR) is 52.3 cm³/mol. The van der Waals surface area contributed by atoms with Crippen LogP contribution in [0.3, 0.4) is 0 Å². The summed E-state index contributed by atoms with van der Waals surface area (Å²) in [5, 5.41) is 3.18. The van der Waals surface area contributed by atoms with Crippen molar-refractivity contribution in [2.45, 2.75) is 13.5 Å². The van der Waals surface area contributed by atoms with Crippen molar-refractivity contribution in [2.24, 2.45) is 0 Å². The molecule has 1 N–H and O–H groups in total. The number of amides is 1. The van der Waals surface area contributed by atoms with Gasteiger partial charge in [0.05, 0.1) is 13.2 Å². The zero-order valence-corrected chi connectivity index (χ0v) is 7.49. The van der Waals surface area contributed by atoms with Gasteiger partial charge in [-0.3, -0.25) is 0 Å². The molecule has 0 aromatic rings. The van der Waals surface area contributed by atoms with Gasteiger partial charge in [-0.1, -0.05) is 7.43 Å². The molecule has 1 amide bonds. The van der Waals surface area contributed by atoms with Crippen LogP contribution in [0.25, 0.3) is 0 Å². The van der Waals surface area contributed by atoms with Crippen molar-refractivity contribution in [1.82, 2.24) is 10.2 Å². The number of nitrogens with zero attached hydrogens (tertiary/aromatic N) is 1. The highest BCUT2D eigenvalue weighted by Gasteiger charge is 2.26. The van der Waals surface area contributed by atoms with Gasteiger partial charge in [0, 0.05) is 26.2 Å². The van der Waals surface area contributed by atoms with Crippen molar-refractivity contribution < 1.29 is 14.3 Å². The molecule has 2 aliphatic rings. The van der Waals surface area contributed by atoms with Crippen molar-refractivity contribution in [3.05, 3.63) is 0 Å². The highest BCUT2D eigenvalue weighted by molar-refractivity contribution is 5.68. The third-order valence-electron chi connectivity index (χ3n) is 2.25. The molecule has 0 radical (unpaired) electrons. The highest BCUT2D eigenvalue weighted by Crippen LogP contribution is 2.08. The Hall–Kier alpha value is -0.810. The molecule has 2 heterocycles. The van der Waals surface area contributed by atoms with Crippen LogP contribution < -0.4 is 5.32 Å². The summed E-state index contributed by atoms with van der Waals surface area (Å²) in [6.45, 7) is 4.31. The quantitative estimate of drug-likeness (QED) is 0.653. The van der Waals surface area contributed by atoms with Crippen molar-refractivity contribution >= 4 is 6.09 Å². The second kappa shape index (κ2) is 5.17. The molecule has 14 heavy (non-hydrogen) atoms. The molecule has 2 aliphatic heterocycles. The van der Waals surface area contributed by atoms with Gasteiger partial charge in [0.2, 0.25) is 0 Å². The summed E-state index contributed by atoms with van der Waals surface area (Å²) >= 11 is 0. The van der Waals surface area contributed by atoms with Crippen LogP contribution in [0, 0.1) is 0 Å². The summed E-state index contributed by atoms with van der Waals surface area (Å²) in [4.78, 5) is 13.2. The molecule has 2 fully saturated rings. The molecule has 5 heteroatoms. The number of piperazine rings is 1. The largest absolute Gasteiger partial charge is 0.441 e. The molecule has 0 unspecified atom stereocenters. The van der Waals surface area contributed by atoms with Gasteiger partial charge >= 0.3 is 6.09 Å². The van der Waals surface area contributed by atoms with Crippen LogP contribution in [0.4, 0.5) is 4.79 Å². The van der Waals surface area contributed by atoms with Crippen LogP contribution in [-0.2, 0) is 9.47 Å². The van der Waals surface area contributed by atoms with Gasteiger partial charge in [-0.2, -0.15) is 0 Å². The normalized spacial score (nSPS) is 22.1. The van der Waals surface area contributed by atoms with E-state index in [1.165, 1.54) is 0 Å². The average Bonchev–Trinajstić information content (AvgIpc) is 2.12. The van der Waals surface area contributed by atoms with Gasteiger partial charge in [-0.15, -0.1) is 0 Å². The molecule has 0 aromatic carbocycles. The Balaban J connectivity index is 0.000000980. The summed E-state index contributed by atoms with van der Waals surface area (Å²) in [7, 11) is 0. The van der Waals surface area contributed by atoms with E-state index in [0.29, 0.717) is 13.2 Å². The summed E-state index contributed by atoms with van der Waals surface area (Å²) in [5.41, 5.74) is 0. The first kappa shape index (κ1) is 11.3. The lowest BCUT2D eigenvalue weighted by atomic mass is 10.3. The lowest BCUT2D eigenvalue weighted by Crippen LogP contribution is -2.49. The van der Waals surface area contributed by atoms with E-state index in [2.05, 4.69) is 5.32 Å². The molecular weight excluding hydrogens is 184 g/mol. The van der Waals surface area contributed by atoms with E-state index in [9.17, 15) is 4.79 Å². The Morgan fingerprint density at radius 3 is 2.50 bits per heavy atom. The standard InChI is InChI=1S/C8H14N2O3.CH4/c11-8(13-7-5-12-6-7)10-3-1-9-2-4-10;/h7,9H,1-6H2;1H4. The van der Waals surface area contributed by atoms with Crippen LogP contribution in [0.2, 0.25) is 0 Å². The van der Waals surface area contributed by atoms with Crippen LogP contribution >= 0.6 is 0 Å². The van der Waals surface area contributed by atoms with Gasteiger partial charge in [-0.25, -0.2) is 4.79 Å². The van der Waals surface area contributed by atoms with Crippen LogP contribution in [0.1, 0.15) is 7.43 Å². The summed E-state index contributed by atoms with van der Waals surface area (Å²) in [5.74, 6) is 0. The SMILES string of the molecule is C.O=C(OC1COC1)N1CCNCC1. The first-order chi connectivity index (χ1) is 6.36. The Morgan fingerprint density at radius 2 is 2.00 bits per heavy atom. The minimum atomic E-state index is -0.199. The number of carbonyl (C=O) groups excluding carboxylic acids is 1. The molecular formula is C9H18N2O3. The van der Waals surface area contributed by atoms with E-state index < -0.39 is 0 Å². The Morgan fingerprint density at radius 1 is 1.36 bits per heavy atom. The molecule has 82 valence electrons. The predicted octanol–water partition coefficient (Wildman–Crippen LogP) is 0.0631. The zero-order chi connectivity index (χ0) is 9.10. The molecule has 0 spiro atoms. The van der Waals surface area contributed by atoms with Gasteiger partial charge in [0.1, 0.15) is 0 Å². The maximum absolute atomic E-state index is 11.4. The van der Waals surface area contributed by atoms with Gasteiger partial charge in [-0.05, 0) is 0 Å². The Labute approximate surface area is 84.4 Å². The molecule has 0 aliphatic carbocycles. The monoisotopic (exact) mass is 202 g/mol. The fraction of sp³-hybridized carbons (Fsp3) is 0.889. The van der Waals surface area contributed by atoms with E-state index in [0.717, 1.165) is 26.2 Å². The van der Waals surface area contributed by atoms with Crippen molar-refractivity contribution in [3.63, 3.8) is 0 Å². The lowest BCUT2D eigenvalue weighted by Gasteiger charge is -2.31. The fourth-order valence-corrected chi connectivity index (χ4v) is 1.35. The van der Waals surface area contributed by atoms with Gasteiger partial charge < -0.3 is 19.7 Å².